The average Bonchev–Trinajstić information content (AvgIpc) is 1.54. The summed E-state index contributed by atoms with van der Waals surface area (Å²) in [4.78, 5) is 114. The molecule has 24 rings (SSSR count). The van der Waals surface area contributed by atoms with Crippen LogP contribution in [0.1, 0.15) is 233 Å². The monoisotopic (exact) mass is 2060 g/mol. The van der Waals surface area contributed by atoms with Crippen molar-refractivity contribution in [1.82, 2.24) is 0 Å². The van der Waals surface area contributed by atoms with Gasteiger partial charge in [-0.2, -0.15) is 0 Å². The number of carbonyl (C=O) groups is 10. The lowest BCUT2D eigenvalue weighted by Gasteiger charge is -2.50. The molecule has 147 heavy (non-hydrogen) atoms. The molecule has 0 aromatic carbocycles. The topological polar surface area (TPSA) is 442 Å². The first-order valence-electron chi connectivity index (χ1n) is 55.0. The van der Waals surface area contributed by atoms with Crippen molar-refractivity contribution in [2.24, 2.45) is 118 Å². The van der Waals surface area contributed by atoms with Crippen molar-refractivity contribution < 1.29 is 158 Å². The van der Waals surface area contributed by atoms with E-state index in [1.54, 1.807) is 27.7 Å². The Morgan fingerprint density at radius 3 is 1.05 bits per heavy atom. The Bertz CT molecular complexity index is 4740. The second kappa shape index (κ2) is 49.0. The summed E-state index contributed by atoms with van der Waals surface area (Å²) in [5, 5.41) is 30.2. The van der Waals surface area contributed by atoms with Crippen LogP contribution in [0.2, 0.25) is 0 Å². The molecule has 24 aliphatic rings. The van der Waals surface area contributed by atoms with Gasteiger partial charge in [0.1, 0.15) is 6.10 Å². The summed E-state index contributed by atoms with van der Waals surface area (Å²) in [7, 11) is 0. The van der Waals surface area contributed by atoms with E-state index in [4.69, 9.17) is 94.7 Å². The van der Waals surface area contributed by atoms with E-state index >= 15 is 0 Å². The van der Waals surface area contributed by atoms with Crippen LogP contribution in [0.5, 0.6) is 0 Å². The lowest BCUT2D eigenvalue weighted by Crippen LogP contribution is -2.55. The summed E-state index contributed by atoms with van der Waals surface area (Å²) in [6.07, 6.45) is 40.7. The molecule has 24 fully saturated rings. The predicted molar refractivity (Wildman–Crippen MR) is 527 cm³/mol. The van der Waals surface area contributed by atoms with Crippen molar-refractivity contribution in [2.45, 2.75) is 361 Å². The van der Waals surface area contributed by atoms with E-state index in [0.29, 0.717) is 272 Å². The Morgan fingerprint density at radius 1 is 0.299 bits per heavy atom. The normalized spacial score (nSPS) is 42.0. The summed E-state index contributed by atoms with van der Waals surface area (Å²) in [5.74, 6) is 5.36. The van der Waals surface area contributed by atoms with Gasteiger partial charge in [0.2, 0.25) is 0 Å². The highest BCUT2D eigenvalue weighted by Crippen LogP contribution is 2.68. The molecule has 0 radical (unpaired) electrons. The number of rotatable bonds is 29. The molecule has 4 bridgehead atoms. The van der Waals surface area contributed by atoms with Crippen LogP contribution in [0, 0.1) is 118 Å². The minimum Gasteiger partial charge on any atom is -0.465 e. The van der Waals surface area contributed by atoms with Crippen LogP contribution in [0.15, 0.2) is 99.2 Å². The van der Waals surface area contributed by atoms with Gasteiger partial charge >= 0.3 is 59.7 Å². The van der Waals surface area contributed by atoms with Gasteiger partial charge in [0.25, 0.3) is 0 Å². The molecule has 0 amide bonds. The van der Waals surface area contributed by atoms with Crippen molar-refractivity contribution >= 4 is 59.7 Å². The standard InChI is InChI=1S/C19H28O6.C18H26O6.C17H24O6.C15H20O3.C14H18O3.C11H16O3.2C10H14O3/c1-11(2)18(21)24-10-14-8-13(4-5-15(14)20)19(22)23-9-12-3-6-16-17(7-12)25-16;1-2-17(20)22-10-13-8-12(4-5-14(13)19)18(21)23-9-11-3-6-15-16(7-11)24-15;1-2-15(19)23-13-7-16(5-3-11(13)18)9-20-17(21-10-16)6-4-12-14(8-17)22-12;1-7(2)15(16)17-6-9-3-8-4-10(9)13-11(8)5-12-14(13)18-12;1-2-12(15)16-6-8-3-7-4-9(8)13-10(7)5-11-14(13)17-11;1-7(2)11(12)13-6-8-3-4-9-10(5-8)14-9;1-6(2)10(11)12-5-7-3-4-8-9(7)13-8;1-2-10(11)12-6-7-3-4-8-9(5-7)13-8/h12-17,20H,1,3-10H2,2H3;2,11-16,19H,1,3-10H2;2,11-14,18H,1,3-10H2;8-14H,1,3-6H2,2H3;2,7-11,13-14H,1,3-6H2;8-10H,1,3-6H2,2H3;7-9H,1,3-5H2,2H3;2,7-9H,1,3-6H2. The molecule has 814 valence electrons. The Morgan fingerprint density at radius 2 is 0.660 bits per heavy atom. The van der Waals surface area contributed by atoms with Crippen molar-refractivity contribution in [3.05, 3.63) is 99.2 Å². The smallest absolute Gasteiger partial charge is 0.333 e. The highest BCUT2D eigenvalue weighted by molar-refractivity contribution is 5.88. The summed E-state index contributed by atoms with van der Waals surface area (Å²) in [6, 6.07) is 0. The molecular weight excluding hydrogens is 1900 g/mol. The fraction of sp³-hybridized carbons (Fsp3) is 0.772. The van der Waals surface area contributed by atoms with Crippen molar-refractivity contribution in [1.29, 1.82) is 0 Å². The van der Waals surface area contributed by atoms with Gasteiger partial charge in [-0.25, -0.2) is 38.4 Å². The predicted octanol–water partition coefficient (Wildman–Crippen LogP) is 13.1. The molecule has 9 saturated heterocycles. The van der Waals surface area contributed by atoms with Crippen LogP contribution in [0.25, 0.3) is 0 Å². The number of hydrogen-bond donors (Lipinski definition) is 3. The molecule has 15 aliphatic carbocycles. The molecule has 3 N–H and O–H groups in total. The zero-order valence-electron chi connectivity index (χ0n) is 86.5. The number of hydrogen-bond acceptors (Lipinski definition) is 33. The minimum atomic E-state index is -0.629. The van der Waals surface area contributed by atoms with E-state index in [2.05, 4.69) is 52.6 Å². The Balaban J connectivity index is 0.000000116. The quantitative estimate of drug-likeness (QED) is 0.0271. The summed E-state index contributed by atoms with van der Waals surface area (Å²) in [6.45, 7) is 39.4. The van der Waals surface area contributed by atoms with Crippen molar-refractivity contribution in [3.8, 4) is 0 Å². The van der Waals surface area contributed by atoms with Gasteiger partial charge in [0, 0.05) is 82.6 Å². The third-order valence-electron chi connectivity index (χ3n) is 36.3. The summed E-state index contributed by atoms with van der Waals surface area (Å²) >= 11 is 0. The number of aliphatic hydroxyl groups is 3. The molecular formula is C114H160O33. The molecule has 2 spiro atoms. The van der Waals surface area contributed by atoms with E-state index in [0.717, 1.165) is 175 Å². The summed E-state index contributed by atoms with van der Waals surface area (Å²) in [5.41, 5.74) is 1.59. The highest BCUT2D eigenvalue weighted by Gasteiger charge is 2.69. The van der Waals surface area contributed by atoms with Crippen LogP contribution in [-0.2, 0) is 143 Å². The number of aliphatic hydroxyl groups excluding tert-OH is 3. The highest BCUT2D eigenvalue weighted by atomic mass is 16.7. The maximum atomic E-state index is 12.4. The lowest BCUT2D eigenvalue weighted by molar-refractivity contribution is -0.321. The van der Waals surface area contributed by atoms with Crippen LogP contribution in [0.3, 0.4) is 0 Å². The Hall–Kier alpha value is -7.90. The van der Waals surface area contributed by atoms with Crippen LogP contribution >= 0.6 is 0 Å². The molecule has 33 heteroatoms. The Kier molecular flexibility index (Phi) is 36.8. The molecule has 9 aliphatic heterocycles. The fourth-order valence-corrected chi connectivity index (χ4v) is 27.4. The van der Waals surface area contributed by atoms with E-state index in [9.17, 15) is 63.3 Å². The lowest BCUT2D eigenvalue weighted by atomic mass is 9.72. The van der Waals surface area contributed by atoms with Gasteiger partial charge in [-0.3, -0.25) is 9.59 Å². The van der Waals surface area contributed by atoms with Gasteiger partial charge in [0.15, 0.2) is 5.79 Å². The molecule has 15 saturated carbocycles. The number of fused-ring (bicyclic) bond motifs is 20. The van der Waals surface area contributed by atoms with E-state index in [1.165, 1.54) is 50.7 Å². The second-order valence-electron chi connectivity index (χ2n) is 47.0. The number of ether oxygens (including phenoxy) is 20. The van der Waals surface area contributed by atoms with Gasteiger partial charge in [0.05, 0.1) is 200 Å². The van der Waals surface area contributed by atoms with Gasteiger partial charge in [-0.05, 0) is 303 Å². The third-order valence-corrected chi connectivity index (χ3v) is 36.3. The second-order valence-corrected chi connectivity index (χ2v) is 47.0. The van der Waals surface area contributed by atoms with Gasteiger partial charge in [-0.15, -0.1) is 0 Å². The summed E-state index contributed by atoms with van der Waals surface area (Å²) < 4.78 is 109. The zero-order chi connectivity index (χ0) is 104. The number of carbonyl (C=O) groups excluding carboxylic acids is 10. The molecule has 9 heterocycles. The largest absolute Gasteiger partial charge is 0.465 e. The van der Waals surface area contributed by atoms with Gasteiger partial charge in [-0.1, -0.05) is 52.6 Å². The molecule has 33 nitrogen and oxygen atoms in total. The maximum absolute atomic E-state index is 12.4. The SMILES string of the molecule is C=C(C)C(=O)OCC1CC(C(=O)OCC2CCC3OC3C2)CCC1O.C=C(C)C(=O)OCC1CC2CC1C1C2CC2OC21.C=C(C)C(=O)OCC1CCC2OC12.C=C(C)C(=O)OCC1CCC2OC2C1.C=CC(=O)OC1CC2(CCC1O)COC1(CCC3OC3C1)OC2.C=CC(=O)OCC1CC(C(=O)OCC2CCC3OC3C2)CCC1O.C=CC(=O)OCC1CC2CC1C1C2CC2OC21.C=CC(=O)OCC1CCC2OC2C1. The van der Waals surface area contributed by atoms with Crippen molar-refractivity contribution in [3.63, 3.8) is 0 Å². The zero-order valence-corrected chi connectivity index (χ0v) is 86.5. The molecule has 0 aromatic rings. The van der Waals surface area contributed by atoms with E-state index < -0.39 is 48.1 Å². The number of epoxide rings is 8. The fourth-order valence-electron chi connectivity index (χ4n) is 27.4. The first-order valence-corrected chi connectivity index (χ1v) is 55.0. The van der Waals surface area contributed by atoms with Gasteiger partial charge < -0.3 is 110 Å². The molecule has 0 aromatic heterocycles. The third kappa shape index (κ3) is 29.2. The van der Waals surface area contributed by atoms with Crippen LogP contribution < -0.4 is 0 Å². The number of esters is 10. The minimum absolute atomic E-state index is 0.110. The van der Waals surface area contributed by atoms with Crippen LogP contribution in [-0.4, -0.2) is 276 Å². The van der Waals surface area contributed by atoms with E-state index in [1.807, 2.05) is 0 Å². The maximum Gasteiger partial charge on any atom is 0.333 e. The van der Waals surface area contributed by atoms with Crippen molar-refractivity contribution in [2.75, 3.05) is 72.7 Å². The van der Waals surface area contributed by atoms with Crippen LogP contribution in [0.4, 0.5) is 0 Å². The first-order chi connectivity index (χ1) is 70.6. The first kappa shape index (κ1) is 110. The molecule has 39 atom stereocenters. The Labute approximate surface area is 864 Å². The van der Waals surface area contributed by atoms with E-state index in [-0.39, 0.29) is 84.1 Å². The average molecular weight is 2060 g/mol. The molecule has 39 unspecified atom stereocenters.